The normalized spacial score (nSPS) is 29.3. The van der Waals surface area contributed by atoms with Gasteiger partial charge in [0.15, 0.2) is 0 Å². The van der Waals surface area contributed by atoms with Crippen LogP contribution in [0.25, 0.3) is 0 Å². The van der Waals surface area contributed by atoms with Crippen LogP contribution >= 0.6 is 11.3 Å². The Balaban J connectivity index is 1.50. The summed E-state index contributed by atoms with van der Waals surface area (Å²) in [6.07, 6.45) is 1.30. The van der Waals surface area contributed by atoms with Crippen molar-refractivity contribution in [3.8, 4) is 0 Å². The van der Waals surface area contributed by atoms with E-state index < -0.39 is 0 Å². The number of nitrogens with zero attached hydrogens (tertiary/aromatic N) is 1. The first-order chi connectivity index (χ1) is 12.4. The summed E-state index contributed by atoms with van der Waals surface area (Å²) in [7, 11) is 0. The Hall–Kier alpha value is -1.90. The van der Waals surface area contributed by atoms with Crippen LogP contribution in [-0.2, 0) is 12.0 Å². The Bertz CT molecular complexity index is 933. The van der Waals surface area contributed by atoms with Crippen molar-refractivity contribution in [3.63, 3.8) is 0 Å². The molecule has 2 heteroatoms. The predicted molar refractivity (Wildman–Crippen MR) is 103 cm³/mol. The molecule has 3 atom stereocenters. The van der Waals surface area contributed by atoms with Crippen LogP contribution in [0.4, 0.5) is 0 Å². The number of thiophene rings is 1. The first-order valence-electron chi connectivity index (χ1n) is 9.28. The van der Waals surface area contributed by atoms with Crippen molar-refractivity contribution in [2.75, 3.05) is 13.1 Å². The molecule has 1 spiro atoms. The second-order valence-corrected chi connectivity index (χ2v) is 8.96. The minimum absolute atomic E-state index is 0.326. The third kappa shape index (κ3) is 1.87. The maximum absolute atomic E-state index is 2.71. The van der Waals surface area contributed by atoms with Crippen molar-refractivity contribution in [2.45, 2.75) is 30.2 Å². The first kappa shape index (κ1) is 14.3. The SMILES string of the molecule is c1csc(CN2CC3c4ccccc4C4CC3(C2)c2ccccc24)c1. The quantitative estimate of drug-likeness (QED) is 0.623. The lowest BCUT2D eigenvalue weighted by Gasteiger charge is -2.37. The Morgan fingerprint density at radius 3 is 2.56 bits per heavy atom. The summed E-state index contributed by atoms with van der Waals surface area (Å²) in [6.45, 7) is 3.50. The van der Waals surface area contributed by atoms with Crippen molar-refractivity contribution in [3.05, 3.63) is 93.2 Å². The van der Waals surface area contributed by atoms with Crippen LogP contribution < -0.4 is 0 Å². The molecule has 1 fully saturated rings. The molecule has 0 amide bonds. The van der Waals surface area contributed by atoms with Gasteiger partial charge in [-0.3, -0.25) is 4.90 Å². The molecule has 124 valence electrons. The van der Waals surface area contributed by atoms with Crippen LogP contribution in [0, 0.1) is 0 Å². The largest absolute Gasteiger partial charge is 0.297 e. The summed E-state index contributed by atoms with van der Waals surface area (Å²) in [4.78, 5) is 4.20. The molecule has 2 aliphatic carbocycles. The third-order valence-corrected chi connectivity index (χ3v) is 7.62. The van der Waals surface area contributed by atoms with E-state index in [1.807, 2.05) is 11.3 Å². The molecule has 6 rings (SSSR count). The summed E-state index contributed by atoms with van der Waals surface area (Å²) >= 11 is 1.89. The average Bonchev–Trinajstić information content (AvgIpc) is 3.35. The number of fused-ring (bicyclic) bond motifs is 3. The molecule has 1 nitrogen and oxygen atoms in total. The Labute approximate surface area is 152 Å². The number of rotatable bonds is 2. The first-order valence-corrected chi connectivity index (χ1v) is 10.2. The number of hydrogen-bond donors (Lipinski definition) is 0. The molecule has 3 unspecified atom stereocenters. The van der Waals surface area contributed by atoms with E-state index in [1.54, 1.807) is 22.3 Å². The minimum atomic E-state index is 0.326. The average molecular weight is 343 g/mol. The van der Waals surface area contributed by atoms with Crippen molar-refractivity contribution >= 4 is 11.3 Å². The molecule has 0 radical (unpaired) electrons. The molecular weight excluding hydrogens is 322 g/mol. The van der Waals surface area contributed by atoms with Gasteiger partial charge in [0, 0.05) is 41.8 Å². The molecule has 3 aliphatic rings. The lowest BCUT2D eigenvalue weighted by molar-refractivity contribution is 0.300. The number of hydrogen-bond acceptors (Lipinski definition) is 2. The number of benzene rings is 2. The molecule has 0 saturated carbocycles. The fourth-order valence-corrected chi connectivity index (χ4v) is 6.63. The topological polar surface area (TPSA) is 3.24 Å². The molecule has 1 saturated heterocycles. The molecule has 2 heterocycles. The van der Waals surface area contributed by atoms with Crippen LogP contribution in [-0.4, -0.2) is 18.0 Å². The highest BCUT2D eigenvalue weighted by molar-refractivity contribution is 7.09. The number of likely N-dealkylation sites (tertiary alicyclic amines) is 1. The molecule has 25 heavy (non-hydrogen) atoms. The van der Waals surface area contributed by atoms with Crippen LogP contribution in [0.1, 0.15) is 45.4 Å². The fraction of sp³-hybridized carbons (Fsp3) is 0.304. The molecule has 1 aliphatic heterocycles. The summed E-state index contributed by atoms with van der Waals surface area (Å²) in [5.74, 6) is 1.24. The second-order valence-electron chi connectivity index (χ2n) is 7.93. The Kier molecular flexibility index (Phi) is 2.89. The van der Waals surface area contributed by atoms with Crippen LogP contribution in [0.15, 0.2) is 66.0 Å². The zero-order valence-electron chi connectivity index (χ0n) is 14.2. The van der Waals surface area contributed by atoms with Crippen molar-refractivity contribution in [1.29, 1.82) is 0 Å². The second kappa shape index (κ2) is 5.06. The lowest BCUT2D eigenvalue weighted by atomic mass is 9.65. The third-order valence-electron chi connectivity index (χ3n) is 6.76. The lowest BCUT2D eigenvalue weighted by Crippen LogP contribution is -2.34. The molecule has 0 N–H and O–H groups in total. The minimum Gasteiger partial charge on any atom is -0.297 e. The van der Waals surface area contributed by atoms with Gasteiger partial charge in [0.2, 0.25) is 0 Å². The monoisotopic (exact) mass is 343 g/mol. The summed E-state index contributed by atoms with van der Waals surface area (Å²) in [5.41, 5.74) is 6.76. The van der Waals surface area contributed by atoms with Gasteiger partial charge < -0.3 is 0 Å². The molecule has 1 aromatic heterocycles. The molecular formula is C23H21NS. The molecule has 2 aromatic carbocycles. The van der Waals surface area contributed by atoms with Gasteiger partial charge in [-0.25, -0.2) is 0 Å². The summed E-state index contributed by atoms with van der Waals surface area (Å²) < 4.78 is 0. The van der Waals surface area contributed by atoms with Crippen molar-refractivity contribution in [1.82, 2.24) is 4.90 Å². The summed E-state index contributed by atoms with van der Waals surface area (Å²) in [5, 5.41) is 2.20. The Morgan fingerprint density at radius 2 is 1.72 bits per heavy atom. The van der Waals surface area contributed by atoms with Crippen LogP contribution in [0.3, 0.4) is 0 Å². The van der Waals surface area contributed by atoms with E-state index in [0.717, 1.165) is 6.54 Å². The smallest absolute Gasteiger partial charge is 0.0328 e. The maximum atomic E-state index is 2.71. The Morgan fingerprint density at radius 1 is 0.920 bits per heavy atom. The van der Waals surface area contributed by atoms with Gasteiger partial charge in [0.25, 0.3) is 0 Å². The van der Waals surface area contributed by atoms with E-state index in [-0.39, 0.29) is 0 Å². The van der Waals surface area contributed by atoms with E-state index in [4.69, 9.17) is 0 Å². The van der Waals surface area contributed by atoms with Gasteiger partial charge in [0.1, 0.15) is 0 Å². The van der Waals surface area contributed by atoms with Gasteiger partial charge in [-0.15, -0.1) is 11.3 Å². The van der Waals surface area contributed by atoms with E-state index in [1.165, 1.54) is 24.4 Å². The zero-order valence-corrected chi connectivity index (χ0v) is 15.0. The van der Waals surface area contributed by atoms with E-state index in [2.05, 4.69) is 70.9 Å². The van der Waals surface area contributed by atoms with Gasteiger partial charge in [-0.1, -0.05) is 54.6 Å². The van der Waals surface area contributed by atoms with Gasteiger partial charge >= 0.3 is 0 Å². The van der Waals surface area contributed by atoms with Gasteiger partial charge in [-0.05, 0) is 40.1 Å². The highest BCUT2D eigenvalue weighted by Crippen LogP contribution is 2.63. The van der Waals surface area contributed by atoms with Crippen LogP contribution in [0.2, 0.25) is 0 Å². The van der Waals surface area contributed by atoms with Crippen LogP contribution in [0.5, 0.6) is 0 Å². The van der Waals surface area contributed by atoms with Crippen molar-refractivity contribution < 1.29 is 0 Å². The van der Waals surface area contributed by atoms with Crippen molar-refractivity contribution in [2.24, 2.45) is 0 Å². The standard InChI is InChI=1S/C23H21NS/c1-2-8-18-17(7-1)20-12-23(21-10-4-3-9-19(20)21)15-24(14-22(18)23)13-16-6-5-11-25-16/h1-11,20,22H,12-15H2. The maximum Gasteiger partial charge on any atom is 0.0328 e. The molecule has 2 bridgehead atoms. The van der Waals surface area contributed by atoms with Gasteiger partial charge in [0.05, 0.1) is 0 Å². The van der Waals surface area contributed by atoms with E-state index in [0.29, 0.717) is 17.3 Å². The zero-order chi connectivity index (χ0) is 16.4. The fourth-order valence-electron chi connectivity index (χ4n) is 5.89. The molecule has 3 aromatic rings. The summed E-state index contributed by atoms with van der Waals surface area (Å²) in [6, 6.07) is 23.0. The highest BCUT2D eigenvalue weighted by Gasteiger charge is 2.57. The predicted octanol–water partition coefficient (Wildman–Crippen LogP) is 5.13. The van der Waals surface area contributed by atoms with E-state index in [9.17, 15) is 0 Å². The highest BCUT2D eigenvalue weighted by atomic mass is 32.1. The van der Waals surface area contributed by atoms with Gasteiger partial charge in [-0.2, -0.15) is 0 Å². The van der Waals surface area contributed by atoms with E-state index >= 15 is 0 Å².